The fourth-order valence-corrected chi connectivity index (χ4v) is 2.00. The molecule has 0 saturated carbocycles. The zero-order chi connectivity index (χ0) is 15.1. The van der Waals surface area contributed by atoms with E-state index in [4.69, 9.17) is 4.74 Å². The van der Waals surface area contributed by atoms with Crippen LogP contribution in [0.15, 0.2) is 42.5 Å². The van der Waals surface area contributed by atoms with Crippen molar-refractivity contribution in [2.75, 3.05) is 13.2 Å². The summed E-state index contributed by atoms with van der Waals surface area (Å²) in [6.45, 7) is 2.65. The lowest BCUT2D eigenvalue weighted by atomic mass is 10.1. The van der Waals surface area contributed by atoms with E-state index in [0.29, 0.717) is 12.2 Å². The summed E-state index contributed by atoms with van der Waals surface area (Å²) in [5.41, 5.74) is 0.593. The second-order valence-corrected chi connectivity index (χ2v) is 4.79. The summed E-state index contributed by atoms with van der Waals surface area (Å²) >= 11 is 0. The predicted molar refractivity (Wildman–Crippen MR) is 82.1 cm³/mol. The SMILES string of the molecule is CCCOC(=O)CCNC(=O)c1ccc2ccccc2c1. The number of hydrogen-bond acceptors (Lipinski definition) is 3. The second-order valence-electron chi connectivity index (χ2n) is 4.79. The molecule has 2 aromatic carbocycles. The van der Waals surface area contributed by atoms with Crippen molar-refractivity contribution in [2.24, 2.45) is 0 Å². The van der Waals surface area contributed by atoms with Crippen molar-refractivity contribution < 1.29 is 14.3 Å². The molecule has 0 atom stereocenters. The van der Waals surface area contributed by atoms with E-state index in [-0.39, 0.29) is 24.8 Å². The van der Waals surface area contributed by atoms with E-state index in [2.05, 4.69) is 5.32 Å². The number of fused-ring (bicyclic) bond motifs is 1. The van der Waals surface area contributed by atoms with Gasteiger partial charge in [0.05, 0.1) is 13.0 Å². The Morgan fingerprint density at radius 1 is 1.10 bits per heavy atom. The molecule has 4 nitrogen and oxygen atoms in total. The molecule has 0 saturated heterocycles. The first-order valence-corrected chi connectivity index (χ1v) is 7.13. The molecule has 1 N–H and O–H groups in total. The van der Waals surface area contributed by atoms with Crippen LogP contribution < -0.4 is 5.32 Å². The largest absolute Gasteiger partial charge is 0.466 e. The van der Waals surface area contributed by atoms with Gasteiger partial charge in [0.15, 0.2) is 0 Å². The summed E-state index contributed by atoms with van der Waals surface area (Å²) in [6.07, 6.45) is 0.995. The van der Waals surface area contributed by atoms with Gasteiger partial charge in [0.2, 0.25) is 0 Å². The second kappa shape index (κ2) is 7.43. The Morgan fingerprint density at radius 3 is 2.62 bits per heavy atom. The first-order valence-electron chi connectivity index (χ1n) is 7.13. The normalized spacial score (nSPS) is 10.3. The van der Waals surface area contributed by atoms with Crippen LogP contribution in [0.2, 0.25) is 0 Å². The van der Waals surface area contributed by atoms with E-state index in [1.807, 2.05) is 43.3 Å². The van der Waals surface area contributed by atoms with E-state index in [0.717, 1.165) is 17.2 Å². The maximum Gasteiger partial charge on any atom is 0.307 e. The zero-order valence-corrected chi connectivity index (χ0v) is 12.1. The highest BCUT2D eigenvalue weighted by atomic mass is 16.5. The molecule has 4 heteroatoms. The Kier molecular flexibility index (Phi) is 5.32. The van der Waals surface area contributed by atoms with Crippen LogP contribution in [0.3, 0.4) is 0 Å². The number of esters is 1. The van der Waals surface area contributed by atoms with Gasteiger partial charge in [-0.3, -0.25) is 9.59 Å². The van der Waals surface area contributed by atoms with E-state index in [1.54, 1.807) is 6.07 Å². The van der Waals surface area contributed by atoms with Crippen LogP contribution in [-0.2, 0) is 9.53 Å². The molecule has 2 rings (SSSR count). The van der Waals surface area contributed by atoms with Crippen LogP contribution in [0.1, 0.15) is 30.1 Å². The summed E-state index contributed by atoms with van der Waals surface area (Å²) in [4.78, 5) is 23.3. The molecule has 0 fully saturated rings. The highest BCUT2D eigenvalue weighted by Gasteiger charge is 2.07. The van der Waals surface area contributed by atoms with Gasteiger partial charge < -0.3 is 10.1 Å². The summed E-state index contributed by atoms with van der Waals surface area (Å²) in [5.74, 6) is -0.459. The summed E-state index contributed by atoms with van der Waals surface area (Å²) < 4.78 is 4.95. The third-order valence-corrected chi connectivity index (χ3v) is 3.09. The molecule has 0 aliphatic rings. The van der Waals surface area contributed by atoms with Crippen molar-refractivity contribution in [1.82, 2.24) is 5.32 Å². The molecule has 0 unspecified atom stereocenters. The molecule has 0 aliphatic heterocycles. The minimum atomic E-state index is -0.282. The Hall–Kier alpha value is -2.36. The fourth-order valence-electron chi connectivity index (χ4n) is 2.00. The van der Waals surface area contributed by atoms with Crippen LogP contribution >= 0.6 is 0 Å². The lowest BCUT2D eigenvalue weighted by molar-refractivity contribution is -0.143. The number of carbonyl (C=O) groups is 2. The minimum absolute atomic E-state index is 0.177. The van der Waals surface area contributed by atoms with Gasteiger partial charge in [0.25, 0.3) is 5.91 Å². The Labute approximate surface area is 124 Å². The van der Waals surface area contributed by atoms with Gasteiger partial charge in [0, 0.05) is 12.1 Å². The van der Waals surface area contributed by atoms with Crippen molar-refractivity contribution in [1.29, 1.82) is 0 Å². The van der Waals surface area contributed by atoms with Gasteiger partial charge in [-0.25, -0.2) is 0 Å². The number of rotatable bonds is 6. The molecular formula is C17H19NO3. The average Bonchev–Trinajstić information content (AvgIpc) is 2.52. The number of benzene rings is 2. The summed E-state index contributed by atoms with van der Waals surface area (Å²) in [6, 6.07) is 13.4. The maximum atomic E-state index is 12.0. The monoisotopic (exact) mass is 285 g/mol. The summed E-state index contributed by atoms with van der Waals surface area (Å²) in [5, 5.41) is 4.85. The smallest absolute Gasteiger partial charge is 0.307 e. The Morgan fingerprint density at radius 2 is 1.86 bits per heavy atom. The van der Waals surface area contributed by atoms with E-state index >= 15 is 0 Å². The van der Waals surface area contributed by atoms with E-state index < -0.39 is 0 Å². The molecule has 0 radical (unpaired) electrons. The van der Waals surface area contributed by atoms with Gasteiger partial charge in [-0.15, -0.1) is 0 Å². The summed E-state index contributed by atoms with van der Waals surface area (Å²) in [7, 11) is 0. The quantitative estimate of drug-likeness (QED) is 0.830. The molecule has 21 heavy (non-hydrogen) atoms. The van der Waals surface area contributed by atoms with Crippen molar-refractivity contribution >= 4 is 22.6 Å². The number of hydrogen-bond donors (Lipinski definition) is 1. The van der Waals surface area contributed by atoms with Gasteiger partial charge in [-0.05, 0) is 29.3 Å². The lowest BCUT2D eigenvalue weighted by Gasteiger charge is -2.06. The third-order valence-electron chi connectivity index (χ3n) is 3.09. The number of amides is 1. The minimum Gasteiger partial charge on any atom is -0.466 e. The Bertz CT molecular complexity index is 637. The lowest BCUT2D eigenvalue weighted by Crippen LogP contribution is -2.26. The van der Waals surface area contributed by atoms with Crippen LogP contribution in [0, 0.1) is 0 Å². The first-order chi connectivity index (χ1) is 10.2. The van der Waals surface area contributed by atoms with Crippen LogP contribution in [0.25, 0.3) is 10.8 Å². The molecular weight excluding hydrogens is 266 g/mol. The van der Waals surface area contributed by atoms with Crippen LogP contribution in [-0.4, -0.2) is 25.0 Å². The molecule has 2 aromatic rings. The number of nitrogens with one attached hydrogen (secondary N) is 1. The van der Waals surface area contributed by atoms with Crippen molar-refractivity contribution in [3.63, 3.8) is 0 Å². The standard InChI is InChI=1S/C17H19NO3/c1-2-11-21-16(19)9-10-18-17(20)15-8-7-13-5-3-4-6-14(13)12-15/h3-8,12H,2,9-11H2,1H3,(H,18,20). The van der Waals surface area contributed by atoms with Gasteiger partial charge in [-0.2, -0.15) is 0 Å². The highest BCUT2D eigenvalue weighted by molar-refractivity contribution is 5.98. The zero-order valence-electron chi connectivity index (χ0n) is 12.1. The van der Waals surface area contributed by atoms with E-state index in [1.165, 1.54) is 0 Å². The molecule has 1 amide bonds. The topological polar surface area (TPSA) is 55.4 Å². The van der Waals surface area contributed by atoms with Gasteiger partial charge in [0.1, 0.15) is 0 Å². The van der Waals surface area contributed by atoms with Crippen molar-refractivity contribution in [3.8, 4) is 0 Å². The number of ether oxygens (including phenoxy) is 1. The van der Waals surface area contributed by atoms with Crippen molar-refractivity contribution in [2.45, 2.75) is 19.8 Å². The molecule has 0 bridgehead atoms. The van der Waals surface area contributed by atoms with Gasteiger partial charge >= 0.3 is 5.97 Å². The molecule has 0 heterocycles. The molecule has 0 spiro atoms. The van der Waals surface area contributed by atoms with Gasteiger partial charge in [-0.1, -0.05) is 37.3 Å². The van der Waals surface area contributed by atoms with Crippen LogP contribution in [0.4, 0.5) is 0 Å². The fraction of sp³-hybridized carbons (Fsp3) is 0.294. The third kappa shape index (κ3) is 4.31. The molecule has 0 aromatic heterocycles. The number of carbonyl (C=O) groups excluding carboxylic acids is 2. The maximum absolute atomic E-state index is 12.0. The first kappa shape index (κ1) is 15.0. The molecule has 110 valence electrons. The van der Waals surface area contributed by atoms with Crippen LogP contribution in [0.5, 0.6) is 0 Å². The average molecular weight is 285 g/mol. The van der Waals surface area contributed by atoms with Crippen molar-refractivity contribution in [3.05, 3.63) is 48.0 Å². The Balaban J connectivity index is 1.88. The highest BCUT2D eigenvalue weighted by Crippen LogP contribution is 2.15. The van der Waals surface area contributed by atoms with E-state index in [9.17, 15) is 9.59 Å². The molecule has 0 aliphatic carbocycles. The predicted octanol–water partition coefficient (Wildman–Crippen LogP) is 2.91.